The largest absolute Gasteiger partial charge is 0.390 e. The van der Waals surface area contributed by atoms with E-state index in [0.717, 1.165) is 63.1 Å². The second kappa shape index (κ2) is 7.02. The van der Waals surface area contributed by atoms with Crippen LogP contribution in [0.1, 0.15) is 36.8 Å². The predicted octanol–water partition coefficient (Wildman–Crippen LogP) is 1.24. The Labute approximate surface area is 133 Å². The van der Waals surface area contributed by atoms with Gasteiger partial charge in [-0.3, -0.25) is 4.90 Å². The second-order valence-corrected chi connectivity index (χ2v) is 7.01. The molecule has 3 rings (SSSR count). The highest BCUT2D eigenvalue weighted by molar-refractivity contribution is 5.20. The lowest BCUT2D eigenvalue weighted by Crippen LogP contribution is -2.44. The minimum atomic E-state index is -0.266. The molecule has 0 spiro atoms. The van der Waals surface area contributed by atoms with Gasteiger partial charge in [0.2, 0.25) is 0 Å². The molecule has 0 unspecified atom stereocenters. The zero-order valence-electron chi connectivity index (χ0n) is 13.8. The molecule has 3 heterocycles. The summed E-state index contributed by atoms with van der Waals surface area (Å²) in [4.78, 5) is 13.6. The van der Waals surface area contributed by atoms with Crippen LogP contribution < -0.4 is 0 Å². The van der Waals surface area contributed by atoms with Crippen molar-refractivity contribution in [2.75, 3.05) is 32.7 Å². The van der Waals surface area contributed by atoms with Crippen LogP contribution in [0.3, 0.4) is 0 Å². The van der Waals surface area contributed by atoms with Gasteiger partial charge in [0, 0.05) is 32.4 Å². The summed E-state index contributed by atoms with van der Waals surface area (Å²) in [5.41, 5.74) is 2.40. The summed E-state index contributed by atoms with van der Waals surface area (Å²) in [6.45, 7) is 9.91. The molecule has 122 valence electrons. The highest BCUT2D eigenvalue weighted by Gasteiger charge is 2.23. The van der Waals surface area contributed by atoms with Crippen molar-refractivity contribution in [2.24, 2.45) is 5.92 Å². The van der Waals surface area contributed by atoms with Crippen molar-refractivity contribution in [3.8, 4) is 0 Å². The molecule has 0 aromatic carbocycles. The van der Waals surface area contributed by atoms with E-state index in [4.69, 9.17) is 0 Å². The van der Waals surface area contributed by atoms with Crippen molar-refractivity contribution in [1.82, 2.24) is 19.8 Å². The summed E-state index contributed by atoms with van der Waals surface area (Å²) in [7, 11) is 0. The van der Waals surface area contributed by atoms with Gasteiger partial charge in [0.1, 0.15) is 5.82 Å². The molecular formula is C17H28N4O. The highest BCUT2D eigenvalue weighted by atomic mass is 16.3. The average Bonchev–Trinajstić information content (AvgIpc) is 2.49. The number of hydrogen-bond donors (Lipinski definition) is 1. The van der Waals surface area contributed by atoms with Crippen molar-refractivity contribution in [1.29, 1.82) is 0 Å². The third-order valence-electron chi connectivity index (χ3n) is 4.96. The van der Waals surface area contributed by atoms with Crippen LogP contribution >= 0.6 is 0 Å². The molecule has 0 amide bonds. The third kappa shape index (κ3) is 4.03. The summed E-state index contributed by atoms with van der Waals surface area (Å²) >= 11 is 0. The van der Waals surface area contributed by atoms with Gasteiger partial charge in [-0.15, -0.1) is 0 Å². The molecule has 5 nitrogen and oxygen atoms in total. The van der Waals surface area contributed by atoms with Gasteiger partial charge in [-0.1, -0.05) is 6.92 Å². The Kier molecular flexibility index (Phi) is 5.06. The molecular weight excluding hydrogens is 276 g/mol. The predicted molar refractivity (Wildman–Crippen MR) is 86.6 cm³/mol. The van der Waals surface area contributed by atoms with E-state index in [1.54, 1.807) is 0 Å². The highest BCUT2D eigenvalue weighted by Crippen LogP contribution is 2.18. The van der Waals surface area contributed by atoms with Gasteiger partial charge in [-0.2, -0.15) is 0 Å². The number of aryl methyl sites for hydroxylation is 1. The molecule has 0 bridgehead atoms. The van der Waals surface area contributed by atoms with Crippen LogP contribution in [-0.4, -0.2) is 63.7 Å². The summed E-state index contributed by atoms with van der Waals surface area (Å²) < 4.78 is 0. The van der Waals surface area contributed by atoms with Gasteiger partial charge < -0.3 is 10.0 Å². The van der Waals surface area contributed by atoms with Gasteiger partial charge in [-0.05, 0) is 50.8 Å². The van der Waals surface area contributed by atoms with Crippen LogP contribution in [0.2, 0.25) is 0 Å². The standard InChI is InChI=1S/C17H28N4O/c1-13-3-6-20(7-4-13)10-16(22)11-21-8-5-15-9-18-14(2)19-17(15)12-21/h9,13,16,22H,3-8,10-12H2,1-2H3/t16-/m0/s1. The van der Waals surface area contributed by atoms with Crippen molar-refractivity contribution in [2.45, 2.75) is 45.8 Å². The molecule has 1 fully saturated rings. The number of rotatable bonds is 4. The number of aliphatic hydroxyl groups is 1. The average molecular weight is 304 g/mol. The van der Waals surface area contributed by atoms with Crippen LogP contribution in [0.15, 0.2) is 6.20 Å². The first-order valence-electron chi connectivity index (χ1n) is 8.54. The number of β-amino-alcohol motifs (C(OH)–C–C–N with tert-alkyl or cyclic N) is 1. The number of aromatic nitrogens is 2. The maximum atomic E-state index is 10.4. The molecule has 2 aliphatic rings. The summed E-state index contributed by atoms with van der Waals surface area (Å²) in [5.74, 6) is 1.68. The minimum Gasteiger partial charge on any atom is -0.390 e. The van der Waals surface area contributed by atoms with Gasteiger partial charge in [0.05, 0.1) is 11.8 Å². The Morgan fingerprint density at radius 1 is 1.23 bits per heavy atom. The molecule has 1 N–H and O–H groups in total. The van der Waals surface area contributed by atoms with E-state index in [1.807, 2.05) is 13.1 Å². The molecule has 0 saturated carbocycles. The molecule has 2 aliphatic heterocycles. The Hall–Kier alpha value is -1.04. The summed E-state index contributed by atoms with van der Waals surface area (Å²) in [6.07, 6.45) is 5.21. The number of aliphatic hydroxyl groups excluding tert-OH is 1. The summed E-state index contributed by atoms with van der Waals surface area (Å²) in [5, 5.41) is 10.4. The molecule has 5 heteroatoms. The first-order chi connectivity index (χ1) is 10.6. The monoisotopic (exact) mass is 304 g/mol. The molecule has 0 radical (unpaired) electrons. The molecule has 0 aliphatic carbocycles. The van der Waals surface area contributed by atoms with Crippen molar-refractivity contribution in [3.05, 3.63) is 23.3 Å². The maximum Gasteiger partial charge on any atom is 0.125 e. The fourth-order valence-corrected chi connectivity index (χ4v) is 3.51. The van der Waals surface area contributed by atoms with Crippen LogP contribution in [0.5, 0.6) is 0 Å². The van der Waals surface area contributed by atoms with E-state index in [0.29, 0.717) is 0 Å². The number of fused-ring (bicyclic) bond motifs is 1. The van der Waals surface area contributed by atoms with Crippen LogP contribution in [0.25, 0.3) is 0 Å². The number of nitrogens with zero attached hydrogens (tertiary/aromatic N) is 4. The SMILES string of the molecule is Cc1ncc2c(n1)CN(C[C@@H](O)CN1CCC(C)CC1)CC2. The zero-order valence-corrected chi connectivity index (χ0v) is 13.8. The normalized spacial score (nSPS) is 22.5. The lowest BCUT2D eigenvalue weighted by Gasteiger charge is -2.34. The van der Waals surface area contributed by atoms with Crippen LogP contribution in [0.4, 0.5) is 0 Å². The van der Waals surface area contributed by atoms with Crippen LogP contribution in [0, 0.1) is 12.8 Å². The number of likely N-dealkylation sites (tertiary alicyclic amines) is 1. The van der Waals surface area contributed by atoms with Crippen molar-refractivity contribution >= 4 is 0 Å². The topological polar surface area (TPSA) is 52.5 Å². The number of piperidine rings is 1. The zero-order chi connectivity index (χ0) is 15.5. The quantitative estimate of drug-likeness (QED) is 0.907. The number of hydrogen-bond acceptors (Lipinski definition) is 5. The third-order valence-corrected chi connectivity index (χ3v) is 4.96. The summed E-state index contributed by atoms with van der Waals surface area (Å²) in [6, 6.07) is 0. The molecule has 1 atom stereocenters. The molecule has 1 saturated heterocycles. The van der Waals surface area contributed by atoms with E-state index in [2.05, 4.69) is 26.7 Å². The maximum absolute atomic E-state index is 10.4. The van der Waals surface area contributed by atoms with E-state index in [1.165, 1.54) is 18.4 Å². The van der Waals surface area contributed by atoms with Gasteiger partial charge >= 0.3 is 0 Å². The first-order valence-corrected chi connectivity index (χ1v) is 8.54. The molecule has 1 aromatic rings. The fraction of sp³-hybridized carbons (Fsp3) is 0.765. The van der Waals surface area contributed by atoms with E-state index >= 15 is 0 Å². The van der Waals surface area contributed by atoms with Gasteiger partial charge in [-0.25, -0.2) is 9.97 Å². The lowest BCUT2D eigenvalue weighted by molar-refractivity contribution is 0.0571. The smallest absolute Gasteiger partial charge is 0.125 e. The second-order valence-electron chi connectivity index (χ2n) is 7.01. The van der Waals surface area contributed by atoms with E-state index in [9.17, 15) is 5.11 Å². The van der Waals surface area contributed by atoms with E-state index in [-0.39, 0.29) is 6.10 Å². The van der Waals surface area contributed by atoms with Crippen molar-refractivity contribution < 1.29 is 5.11 Å². The van der Waals surface area contributed by atoms with E-state index < -0.39 is 0 Å². The molecule has 22 heavy (non-hydrogen) atoms. The molecule has 1 aromatic heterocycles. The van der Waals surface area contributed by atoms with Gasteiger partial charge in [0.15, 0.2) is 0 Å². The Morgan fingerprint density at radius 3 is 2.73 bits per heavy atom. The fourth-order valence-electron chi connectivity index (χ4n) is 3.51. The Bertz CT molecular complexity index is 499. The van der Waals surface area contributed by atoms with Crippen molar-refractivity contribution in [3.63, 3.8) is 0 Å². The Morgan fingerprint density at radius 2 is 1.95 bits per heavy atom. The first kappa shape index (κ1) is 15.8. The van der Waals surface area contributed by atoms with Crippen LogP contribution in [-0.2, 0) is 13.0 Å². The lowest BCUT2D eigenvalue weighted by atomic mass is 9.99. The van der Waals surface area contributed by atoms with Gasteiger partial charge in [0.25, 0.3) is 0 Å². The minimum absolute atomic E-state index is 0.266. The Balaban J connectivity index is 1.49.